The molecule has 1 aliphatic rings. The number of unbranched alkanes of at least 4 members (excludes halogenated alkanes) is 1. The number of thiophene rings is 1. The van der Waals surface area contributed by atoms with Gasteiger partial charge >= 0.3 is 5.97 Å². The topological polar surface area (TPSA) is 77.8 Å². The summed E-state index contributed by atoms with van der Waals surface area (Å²) in [6, 6.07) is 2.12. The van der Waals surface area contributed by atoms with Crippen LogP contribution in [0.3, 0.4) is 0 Å². The van der Waals surface area contributed by atoms with E-state index in [-0.39, 0.29) is 24.2 Å². The Bertz CT molecular complexity index is 713. The average molecular weight is 495 g/mol. The van der Waals surface area contributed by atoms with Crippen LogP contribution in [-0.4, -0.2) is 41.3 Å². The first kappa shape index (κ1) is 25.4. The highest BCUT2D eigenvalue weighted by Crippen LogP contribution is 2.42. The normalized spacial score (nSPS) is 25.5. The van der Waals surface area contributed by atoms with Gasteiger partial charge in [-0.05, 0) is 85.2 Å². The van der Waals surface area contributed by atoms with Crippen LogP contribution in [0.5, 0.6) is 0 Å². The fourth-order valence-electron chi connectivity index (χ4n) is 4.14. The first-order valence-electron chi connectivity index (χ1n) is 10.7. The van der Waals surface area contributed by atoms with Crippen LogP contribution in [0.1, 0.15) is 48.3 Å². The number of aryl methyl sites for hydroxylation is 2. The number of allylic oxidation sites excluding steroid dienone is 3. The molecule has 0 saturated heterocycles. The second-order valence-electron chi connectivity index (χ2n) is 8.14. The third kappa shape index (κ3) is 7.99. The van der Waals surface area contributed by atoms with Crippen molar-refractivity contribution < 1.29 is 20.1 Å². The number of carboxylic acids is 1. The van der Waals surface area contributed by atoms with Crippen LogP contribution in [0.25, 0.3) is 0 Å². The van der Waals surface area contributed by atoms with Crippen LogP contribution in [0.15, 0.2) is 34.8 Å². The maximum Gasteiger partial charge on any atom is 0.303 e. The first-order chi connectivity index (χ1) is 14.3. The summed E-state index contributed by atoms with van der Waals surface area (Å²) in [6.45, 7) is 2.08. The molecule has 1 saturated carbocycles. The minimum absolute atomic E-state index is 0.0774. The smallest absolute Gasteiger partial charge is 0.303 e. The molecule has 2 radical (unpaired) electrons. The summed E-state index contributed by atoms with van der Waals surface area (Å²) in [4.78, 5) is 13.1. The van der Waals surface area contributed by atoms with E-state index in [9.17, 15) is 15.0 Å². The molecule has 1 aromatic rings. The van der Waals surface area contributed by atoms with Gasteiger partial charge in [-0.2, -0.15) is 0 Å². The standard InChI is InChI=1S/C23H32BBrO4S/c1-15-21(25)13-18(30-15)10-8-17(26)9-11-19-16(14-24)12-22(27)20(19)6-4-2-3-5-7-23(28)29/h2,4,9,11,13,16-17,19-20,22,26-27H,3,5-8,10,12,14H2,1H3,(H,28,29)/b4-2-,11-9?/t16?,17-,19-,20+,22?/m0/s1. The highest BCUT2D eigenvalue weighted by Gasteiger charge is 2.39. The molecule has 0 bridgehead atoms. The minimum atomic E-state index is -0.772. The lowest BCUT2D eigenvalue weighted by Crippen LogP contribution is -2.19. The third-order valence-electron chi connectivity index (χ3n) is 5.87. The Hall–Kier alpha value is -0.885. The van der Waals surface area contributed by atoms with Crippen LogP contribution < -0.4 is 0 Å². The molecule has 30 heavy (non-hydrogen) atoms. The van der Waals surface area contributed by atoms with E-state index in [2.05, 4.69) is 35.0 Å². The van der Waals surface area contributed by atoms with Gasteiger partial charge in [0.2, 0.25) is 0 Å². The Morgan fingerprint density at radius 2 is 2.20 bits per heavy atom. The molecule has 5 atom stereocenters. The Morgan fingerprint density at radius 1 is 1.43 bits per heavy atom. The lowest BCUT2D eigenvalue weighted by atomic mass is 9.80. The largest absolute Gasteiger partial charge is 0.481 e. The molecule has 164 valence electrons. The quantitative estimate of drug-likeness (QED) is 0.215. The van der Waals surface area contributed by atoms with Crippen molar-refractivity contribution >= 4 is 41.1 Å². The van der Waals surface area contributed by atoms with E-state index in [1.54, 1.807) is 11.3 Å². The molecule has 1 aromatic heterocycles. The molecule has 1 heterocycles. The molecule has 0 aliphatic heterocycles. The van der Waals surface area contributed by atoms with Crippen molar-refractivity contribution in [3.05, 3.63) is 44.6 Å². The number of halogens is 1. The zero-order valence-corrected chi connectivity index (χ0v) is 19.9. The van der Waals surface area contributed by atoms with Gasteiger partial charge in [0.05, 0.1) is 20.1 Å². The van der Waals surface area contributed by atoms with Gasteiger partial charge in [0.1, 0.15) is 0 Å². The Balaban J connectivity index is 1.88. The lowest BCUT2D eigenvalue weighted by molar-refractivity contribution is -0.137. The van der Waals surface area contributed by atoms with Crippen molar-refractivity contribution in [2.75, 3.05) is 0 Å². The van der Waals surface area contributed by atoms with Crippen LogP contribution in [0, 0.1) is 24.7 Å². The van der Waals surface area contributed by atoms with Gasteiger partial charge in [0.15, 0.2) is 0 Å². The number of aliphatic hydroxyl groups is 2. The first-order valence-corrected chi connectivity index (χ1v) is 12.3. The van der Waals surface area contributed by atoms with Gasteiger partial charge in [-0.1, -0.05) is 30.6 Å². The Kier molecular flexibility index (Phi) is 10.9. The number of aliphatic carboxylic acids is 1. The number of hydrogen-bond acceptors (Lipinski definition) is 4. The van der Waals surface area contributed by atoms with Crippen molar-refractivity contribution in [2.45, 2.75) is 70.4 Å². The van der Waals surface area contributed by atoms with Crippen LogP contribution in [0.4, 0.5) is 0 Å². The summed E-state index contributed by atoms with van der Waals surface area (Å²) >= 11 is 5.28. The molecule has 1 fully saturated rings. The van der Waals surface area contributed by atoms with Gasteiger partial charge in [-0.15, -0.1) is 11.3 Å². The summed E-state index contributed by atoms with van der Waals surface area (Å²) in [5.41, 5.74) is 0. The monoisotopic (exact) mass is 494 g/mol. The predicted molar refractivity (Wildman–Crippen MR) is 127 cm³/mol. The number of carbonyl (C=O) groups is 1. The summed E-state index contributed by atoms with van der Waals surface area (Å²) in [5.74, 6) is -0.342. The van der Waals surface area contributed by atoms with Gasteiger partial charge in [-0.25, -0.2) is 0 Å². The molecule has 4 nitrogen and oxygen atoms in total. The fourth-order valence-corrected chi connectivity index (χ4v) is 5.76. The number of aliphatic hydroxyl groups excluding tert-OH is 2. The van der Waals surface area contributed by atoms with Crippen LogP contribution >= 0.6 is 27.3 Å². The summed E-state index contributed by atoms with van der Waals surface area (Å²) < 4.78 is 1.12. The van der Waals surface area contributed by atoms with E-state index in [1.165, 1.54) is 9.75 Å². The highest BCUT2D eigenvalue weighted by atomic mass is 79.9. The minimum Gasteiger partial charge on any atom is -0.481 e. The van der Waals surface area contributed by atoms with Gasteiger partial charge < -0.3 is 15.3 Å². The molecule has 1 aliphatic carbocycles. The lowest BCUT2D eigenvalue weighted by Gasteiger charge is -2.21. The maximum atomic E-state index is 10.6. The summed E-state index contributed by atoms with van der Waals surface area (Å²) in [5, 5.41) is 29.6. The zero-order chi connectivity index (χ0) is 22.1. The van der Waals surface area contributed by atoms with Crippen molar-refractivity contribution in [1.82, 2.24) is 0 Å². The van der Waals surface area contributed by atoms with E-state index < -0.39 is 18.2 Å². The molecule has 7 heteroatoms. The van der Waals surface area contributed by atoms with Crippen LogP contribution in [0.2, 0.25) is 6.32 Å². The van der Waals surface area contributed by atoms with E-state index in [0.29, 0.717) is 25.6 Å². The van der Waals surface area contributed by atoms with Crippen molar-refractivity contribution in [3.63, 3.8) is 0 Å². The number of carboxylic acid groups (broad SMARTS) is 1. The van der Waals surface area contributed by atoms with Crippen LogP contribution in [-0.2, 0) is 11.2 Å². The Labute approximate surface area is 193 Å². The maximum absolute atomic E-state index is 10.6. The molecular formula is C23H32BBrO4S. The second kappa shape index (κ2) is 12.8. The van der Waals surface area contributed by atoms with E-state index in [1.807, 2.05) is 18.2 Å². The third-order valence-corrected chi connectivity index (χ3v) is 8.06. The fraction of sp³-hybridized carbons (Fsp3) is 0.609. The molecule has 0 spiro atoms. The van der Waals surface area contributed by atoms with E-state index >= 15 is 0 Å². The van der Waals surface area contributed by atoms with Gasteiger partial charge in [0.25, 0.3) is 0 Å². The number of hydrogen-bond donors (Lipinski definition) is 3. The average Bonchev–Trinajstić information content (AvgIpc) is 3.19. The zero-order valence-electron chi connectivity index (χ0n) is 17.5. The number of rotatable bonds is 12. The van der Waals surface area contributed by atoms with Gasteiger partial charge in [0, 0.05) is 20.6 Å². The molecular weight excluding hydrogens is 463 g/mol. The highest BCUT2D eigenvalue weighted by molar-refractivity contribution is 9.10. The second-order valence-corrected chi connectivity index (χ2v) is 10.3. The molecule has 0 amide bonds. The SMILES string of the molecule is [B]CC1CC(O)[C@H](C/C=C\CCCC(=O)O)[C@H]1C=C[C@@H](O)CCc1cc(Br)c(C)s1. The van der Waals surface area contributed by atoms with E-state index in [4.69, 9.17) is 13.0 Å². The summed E-state index contributed by atoms with van der Waals surface area (Å²) in [7, 11) is 5.94. The molecule has 2 unspecified atom stereocenters. The molecule has 3 N–H and O–H groups in total. The molecule has 0 aromatic carbocycles. The van der Waals surface area contributed by atoms with E-state index in [0.717, 1.165) is 23.7 Å². The van der Waals surface area contributed by atoms with Crippen molar-refractivity contribution in [2.24, 2.45) is 17.8 Å². The van der Waals surface area contributed by atoms with Crippen molar-refractivity contribution in [1.29, 1.82) is 0 Å². The summed E-state index contributed by atoms with van der Waals surface area (Å²) in [6.07, 6.45) is 12.0. The molecule has 2 rings (SSSR count). The Morgan fingerprint density at radius 3 is 2.83 bits per heavy atom. The van der Waals surface area contributed by atoms with Crippen molar-refractivity contribution in [3.8, 4) is 0 Å². The predicted octanol–water partition coefficient (Wildman–Crippen LogP) is 5.07. The van der Waals surface area contributed by atoms with Gasteiger partial charge in [-0.3, -0.25) is 4.79 Å².